The zero-order valence-corrected chi connectivity index (χ0v) is 12.4. The number of ether oxygens (including phenoxy) is 1. The summed E-state index contributed by atoms with van der Waals surface area (Å²) < 4.78 is 5.40. The lowest BCUT2D eigenvalue weighted by Gasteiger charge is -2.26. The van der Waals surface area contributed by atoms with Crippen molar-refractivity contribution in [3.05, 3.63) is 35.4 Å². The maximum Gasteiger partial charge on any atom is 0.0594 e. The van der Waals surface area contributed by atoms with E-state index in [4.69, 9.17) is 4.74 Å². The molecule has 0 saturated carbocycles. The Morgan fingerprint density at radius 1 is 1.21 bits per heavy atom. The van der Waals surface area contributed by atoms with Crippen LogP contribution in [0.25, 0.3) is 0 Å². The number of hydrogen-bond donors (Lipinski definition) is 0. The Hall–Kier alpha value is -0.860. The highest BCUT2D eigenvalue weighted by Gasteiger charge is 2.11. The molecule has 0 spiro atoms. The fraction of sp³-hybridized carbons (Fsp3) is 0.647. The van der Waals surface area contributed by atoms with Gasteiger partial charge in [-0.15, -0.1) is 0 Å². The van der Waals surface area contributed by atoms with Crippen molar-refractivity contribution in [2.75, 3.05) is 26.3 Å². The summed E-state index contributed by atoms with van der Waals surface area (Å²) in [5, 5.41) is 0. The highest BCUT2D eigenvalue weighted by molar-refractivity contribution is 5.23. The summed E-state index contributed by atoms with van der Waals surface area (Å²) in [4.78, 5) is 2.48. The minimum atomic E-state index is 0.795. The Kier molecular flexibility index (Phi) is 5.87. The quantitative estimate of drug-likeness (QED) is 0.777. The summed E-state index contributed by atoms with van der Waals surface area (Å²) >= 11 is 0. The molecule has 0 aliphatic carbocycles. The Labute approximate surface area is 117 Å². The molecule has 0 amide bonds. The average molecular weight is 261 g/mol. The van der Waals surface area contributed by atoms with Crippen LogP contribution >= 0.6 is 0 Å². The predicted octanol–water partition coefficient (Wildman–Crippen LogP) is 3.50. The maximum atomic E-state index is 5.40. The van der Waals surface area contributed by atoms with Gasteiger partial charge in [0.1, 0.15) is 0 Å². The molecule has 0 bridgehead atoms. The summed E-state index contributed by atoms with van der Waals surface area (Å²) in [6.07, 6.45) is 3.83. The molecule has 2 rings (SSSR count). The molecule has 2 heteroatoms. The third kappa shape index (κ3) is 4.96. The van der Waals surface area contributed by atoms with Crippen LogP contribution in [0.4, 0.5) is 0 Å². The van der Waals surface area contributed by atoms with E-state index in [2.05, 4.69) is 43.0 Å². The highest BCUT2D eigenvalue weighted by atomic mass is 16.5. The average Bonchev–Trinajstić information content (AvgIpc) is 2.40. The molecule has 106 valence electrons. The van der Waals surface area contributed by atoms with E-state index < -0.39 is 0 Å². The van der Waals surface area contributed by atoms with Crippen LogP contribution in [0.5, 0.6) is 0 Å². The molecule has 19 heavy (non-hydrogen) atoms. The van der Waals surface area contributed by atoms with Gasteiger partial charge in [-0.3, -0.25) is 4.90 Å². The zero-order chi connectivity index (χ0) is 13.5. The molecular formula is C17H27NO. The Morgan fingerprint density at radius 3 is 2.68 bits per heavy atom. The van der Waals surface area contributed by atoms with Gasteiger partial charge in [0.15, 0.2) is 0 Å². The van der Waals surface area contributed by atoms with E-state index in [9.17, 15) is 0 Å². The second-order valence-electron chi connectivity index (χ2n) is 5.81. The molecule has 1 aromatic carbocycles. The van der Waals surface area contributed by atoms with Gasteiger partial charge in [0.25, 0.3) is 0 Å². The molecule has 1 fully saturated rings. The van der Waals surface area contributed by atoms with Gasteiger partial charge in [-0.2, -0.15) is 0 Å². The lowest BCUT2D eigenvalue weighted by molar-refractivity contribution is 0.0342. The van der Waals surface area contributed by atoms with Crippen LogP contribution in [-0.2, 0) is 17.7 Å². The van der Waals surface area contributed by atoms with E-state index in [1.54, 1.807) is 0 Å². The van der Waals surface area contributed by atoms with Crippen molar-refractivity contribution in [3.8, 4) is 0 Å². The van der Waals surface area contributed by atoms with Gasteiger partial charge in [0.05, 0.1) is 13.2 Å². The SMILES string of the molecule is CCCC(C)Cc1cccc(CN2CCOCC2)c1. The number of nitrogens with zero attached hydrogens (tertiary/aromatic N) is 1. The third-order valence-corrected chi connectivity index (χ3v) is 3.87. The Bertz CT molecular complexity index is 371. The summed E-state index contributed by atoms with van der Waals surface area (Å²) in [5.41, 5.74) is 2.94. The van der Waals surface area contributed by atoms with Crippen LogP contribution < -0.4 is 0 Å². The smallest absolute Gasteiger partial charge is 0.0594 e. The van der Waals surface area contributed by atoms with Crippen molar-refractivity contribution >= 4 is 0 Å². The summed E-state index contributed by atoms with van der Waals surface area (Å²) in [7, 11) is 0. The maximum absolute atomic E-state index is 5.40. The monoisotopic (exact) mass is 261 g/mol. The van der Waals surface area contributed by atoms with Crippen molar-refractivity contribution in [1.29, 1.82) is 0 Å². The van der Waals surface area contributed by atoms with Gasteiger partial charge in [-0.1, -0.05) is 51.0 Å². The molecule has 0 radical (unpaired) electrons. The van der Waals surface area contributed by atoms with E-state index >= 15 is 0 Å². The van der Waals surface area contributed by atoms with E-state index in [1.165, 1.54) is 30.4 Å². The van der Waals surface area contributed by atoms with Gasteiger partial charge in [-0.05, 0) is 23.5 Å². The first-order valence-corrected chi connectivity index (χ1v) is 7.66. The van der Waals surface area contributed by atoms with Crippen molar-refractivity contribution in [2.24, 2.45) is 5.92 Å². The van der Waals surface area contributed by atoms with Crippen LogP contribution in [0.1, 0.15) is 37.8 Å². The standard InChI is InChI=1S/C17H27NO/c1-3-5-15(2)12-16-6-4-7-17(13-16)14-18-8-10-19-11-9-18/h4,6-7,13,15H,3,5,8-12,14H2,1-2H3. The highest BCUT2D eigenvalue weighted by Crippen LogP contribution is 2.16. The van der Waals surface area contributed by atoms with Crippen LogP contribution in [0.2, 0.25) is 0 Å². The van der Waals surface area contributed by atoms with E-state index in [-0.39, 0.29) is 0 Å². The number of morpholine rings is 1. The van der Waals surface area contributed by atoms with Gasteiger partial charge in [0, 0.05) is 19.6 Å². The largest absolute Gasteiger partial charge is 0.379 e. The molecule has 1 aliphatic heterocycles. The van der Waals surface area contributed by atoms with Crippen LogP contribution in [0.15, 0.2) is 24.3 Å². The van der Waals surface area contributed by atoms with Crippen LogP contribution in [0, 0.1) is 5.92 Å². The van der Waals surface area contributed by atoms with E-state index in [0.29, 0.717) is 0 Å². The second kappa shape index (κ2) is 7.66. The van der Waals surface area contributed by atoms with Gasteiger partial charge in [0.2, 0.25) is 0 Å². The van der Waals surface area contributed by atoms with Gasteiger partial charge in [-0.25, -0.2) is 0 Å². The molecule has 2 nitrogen and oxygen atoms in total. The molecule has 0 N–H and O–H groups in total. The minimum Gasteiger partial charge on any atom is -0.379 e. The number of benzene rings is 1. The molecule has 1 aliphatic rings. The molecule has 0 aromatic heterocycles. The third-order valence-electron chi connectivity index (χ3n) is 3.87. The molecular weight excluding hydrogens is 234 g/mol. The lowest BCUT2D eigenvalue weighted by Crippen LogP contribution is -2.35. The first-order valence-electron chi connectivity index (χ1n) is 7.66. The summed E-state index contributed by atoms with van der Waals surface area (Å²) in [6.45, 7) is 9.59. The van der Waals surface area contributed by atoms with Crippen molar-refractivity contribution in [1.82, 2.24) is 4.90 Å². The summed E-state index contributed by atoms with van der Waals surface area (Å²) in [5.74, 6) is 0.795. The molecule has 1 saturated heterocycles. The molecule has 1 unspecified atom stereocenters. The van der Waals surface area contributed by atoms with E-state index in [1.807, 2.05) is 0 Å². The molecule has 1 aromatic rings. The Balaban J connectivity index is 1.90. The molecule has 1 atom stereocenters. The first-order chi connectivity index (χ1) is 9.28. The lowest BCUT2D eigenvalue weighted by atomic mass is 9.96. The minimum absolute atomic E-state index is 0.795. The van der Waals surface area contributed by atoms with Crippen LogP contribution in [-0.4, -0.2) is 31.2 Å². The van der Waals surface area contributed by atoms with E-state index in [0.717, 1.165) is 38.8 Å². The predicted molar refractivity (Wildman–Crippen MR) is 80.3 cm³/mol. The van der Waals surface area contributed by atoms with Crippen LogP contribution in [0.3, 0.4) is 0 Å². The van der Waals surface area contributed by atoms with Gasteiger partial charge >= 0.3 is 0 Å². The molecule has 1 heterocycles. The number of rotatable bonds is 6. The topological polar surface area (TPSA) is 12.5 Å². The fourth-order valence-corrected chi connectivity index (χ4v) is 2.87. The van der Waals surface area contributed by atoms with Crippen molar-refractivity contribution in [2.45, 2.75) is 39.7 Å². The Morgan fingerprint density at radius 2 is 1.95 bits per heavy atom. The normalized spacial score (nSPS) is 18.4. The first kappa shape index (κ1) is 14.5. The van der Waals surface area contributed by atoms with Gasteiger partial charge < -0.3 is 4.74 Å². The van der Waals surface area contributed by atoms with Crippen molar-refractivity contribution < 1.29 is 4.74 Å². The number of hydrogen-bond acceptors (Lipinski definition) is 2. The van der Waals surface area contributed by atoms with Crippen molar-refractivity contribution in [3.63, 3.8) is 0 Å². The second-order valence-corrected chi connectivity index (χ2v) is 5.81. The summed E-state index contributed by atoms with van der Waals surface area (Å²) in [6, 6.07) is 9.13. The fourth-order valence-electron chi connectivity index (χ4n) is 2.87. The zero-order valence-electron chi connectivity index (χ0n) is 12.4.